The van der Waals surface area contributed by atoms with Crippen LogP contribution in [0.25, 0.3) is 5.69 Å². The third kappa shape index (κ3) is 3.31. The van der Waals surface area contributed by atoms with Gasteiger partial charge in [-0.2, -0.15) is 4.99 Å². The Hall–Kier alpha value is -1.30. The molecule has 110 valence electrons. The van der Waals surface area contributed by atoms with Crippen molar-refractivity contribution in [1.82, 2.24) is 9.47 Å². The lowest BCUT2D eigenvalue weighted by molar-refractivity contribution is 0.218. The standard InChI is InChI=1S/C14H13Cl2N3OS/c15-10-7-11(16)9-12(8-10)19-5-6-21-14(19)17-13(20)18-3-1-2-4-18/h5-9H,1-4H2/b17-14-. The summed E-state index contributed by atoms with van der Waals surface area (Å²) in [6.07, 6.45) is 3.95. The molecule has 0 spiro atoms. The summed E-state index contributed by atoms with van der Waals surface area (Å²) in [5.74, 6) is 0. The quantitative estimate of drug-likeness (QED) is 0.773. The third-order valence-corrected chi connectivity index (χ3v) is 4.48. The number of hydrogen-bond acceptors (Lipinski definition) is 2. The van der Waals surface area contributed by atoms with Gasteiger partial charge in [0.2, 0.25) is 0 Å². The maximum atomic E-state index is 12.1. The van der Waals surface area contributed by atoms with Crippen molar-refractivity contribution >= 4 is 40.6 Å². The van der Waals surface area contributed by atoms with Crippen LogP contribution in [0.15, 0.2) is 34.8 Å². The molecule has 1 aliphatic heterocycles. The molecule has 0 saturated carbocycles. The summed E-state index contributed by atoms with van der Waals surface area (Å²) in [5, 5.41) is 2.98. The third-order valence-electron chi connectivity index (χ3n) is 3.28. The molecule has 2 heterocycles. The second kappa shape index (κ2) is 6.22. The first-order valence-electron chi connectivity index (χ1n) is 6.60. The van der Waals surface area contributed by atoms with Gasteiger partial charge in [0.15, 0.2) is 4.80 Å². The van der Waals surface area contributed by atoms with E-state index < -0.39 is 0 Å². The van der Waals surface area contributed by atoms with Gasteiger partial charge >= 0.3 is 6.03 Å². The molecule has 1 aromatic heterocycles. The average Bonchev–Trinajstić information content (AvgIpc) is 3.08. The summed E-state index contributed by atoms with van der Waals surface area (Å²) < 4.78 is 1.82. The van der Waals surface area contributed by atoms with Gasteiger partial charge in [-0.05, 0) is 31.0 Å². The lowest BCUT2D eigenvalue weighted by Crippen LogP contribution is -2.27. The molecule has 0 unspecified atom stereocenters. The number of likely N-dealkylation sites (tertiary alicyclic amines) is 1. The van der Waals surface area contributed by atoms with E-state index >= 15 is 0 Å². The van der Waals surface area contributed by atoms with Crippen LogP contribution < -0.4 is 4.80 Å². The average molecular weight is 342 g/mol. The number of carbonyl (C=O) groups excluding carboxylic acids is 1. The van der Waals surface area contributed by atoms with Gasteiger partial charge < -0.3 is 4.90 Å². The van der Waals surface area contributed by atoms with E-state index in [1.165, 1.54) is 11.3 Å². The van der Waals surface area contributed by atoms with Crippen molar-refractivity contribution in [1.29, 1.82) is 0 Å². The van der Waals surface area contributed by atoms with Crippen LogP contribution in [0, 0.1) is 0 Å². The molecule has 0 radical (unpaired) electrons. The molecule has 2 aromatic rings. The Morgan fingerprint density at radius 1 is 1.14 bits per heavy atom. The molecule has 1 fully saturated rings. The predicted octanol–water partition coefficient (Wildman–Crippen LogP) is 3.96. The summed E-state index contributed by atoms with van der Waals surface area (Å²) in [7, 11) is 0. The number of urea groups is 1. The van der Waals surface area contributed by atoms with Gasteiger partial charge in [0, 0.05) is 34.7 Å². The van der Waals surface area contributed by atoms with Crippen molar-refractivity contribution in [2.24, 2.45) is 4.99 Å². The van der Waals surface area contributed by atoms with Crippen molar-refractivity contribution in [2.45, 2.75) is 12.8 Å². The highest BCUT2D eigenvalue weighted by Gasteiger charge is 2.17. The Labute approximate surface area is 136 Å². The van der Waals surface area contributed by atoms with Crippen LogP contribution in [0.5, 0.6) is 0 Å². The van der Waals surface area contributed by atoms with Crippen LogP contribution >= 0.6 is 34.5 Å². The Balaban J connectivity index is 1.98. The summed E-state index contributed by atoms with van der Waals surface area (Å²) in [4.78, 5) is 18.7. The first-order valence-corrected chi connectivity index (χ1v) is 8.23. The molecule has 0 bridgehead atoms. The summed E-state index contributed by atoms with van der Waals surface area (Å²) in [6.45, 7) is 1.58. The molecule has 2 amide bonds. The number of nitrogens with zero attached hydrogens (tertiary/aromatic N) is 3. The molecule has 1 saturated heterocycles. The molecule has 21 heavy (non-hydrogen) atoms. The molecular weight excluding hydrogens is 329 g/mol. The number of rotatable bonds is 1. The molecule has 0 atom stereocenters. The molecule has 0 aliphatic carbocycles. The van der Waals surface area contributed by atoms with E-state index in [0.29, 0.717) is 14.8 Å². The van der Waals surface area contributed by atoms with Gasteiger partial charge in [0.05, 0.1) is 5.69 Å². The van der Waals surface area contributed by atoms with E-state index in [-0.39, 0.29) is 6.03 Å². The first kappa shape index (κ1) is 14.6. The van der Waals surface area contributed by atoms with Gasteiger partial charge in [-0.3, -0.25) is 4.57 Å². The van der Waals surface area contributed by atoms with Crippen molar-refractivity contribution in [3.63, 3.8) is 0 Å². The first-order chi connectivity index (χ1) is 10.1. The van der Waals surface area contributed by atoms with Crippen LogP contribution in [-0.2, 0) is 0 Å². The molecule has 3 rings (SSSR count). The van der Waals surface area contributed by atoms with Crippen molar-refractivity contribution in [3.8, 4) is 5.69 Å². The van der Waals surface area contributed by atoms with Crippen LogP contribution in [-0.4, -0.2) is 28.6 Å². The minimum Gasteiger partial charge on any atom is -0.323 e. The summed E-state index contributed by atoms with van der Waals surface area (Å²) >= 11 is 13.5. The summed E-state index contributed by atoms with van der Waals surface area (Å²) in [6, 6.07) is 5.07. The SMILES string of the molecule is O=C(/N=c1\sccn1-c1cc(Cl)cc(Cl)c1)N1CCCC1. The van der Waals surface area contributed by atoms with Gasteiger partial charge in [-0.1, -0.05) is 23.2 Å². The van der Waals surface area contributed by atoms with Crippen molar-refractivity contribution in [3.05, 3.63) is 44.6 Å². The number of aromatic nitrogens is 1. The maximum Gasteiger partial charge on any atom is 0.346 e. The Morgan fingerprint density at radius 3 is 2.48 bits per heavy atom. The molecule has 4 nitrogen and oxygen atoms in total. The predicted molar refractivity (Wildman–Crippen MR) is 85.4 cm³/mol. The topological polar surface area (TPSA) is 37.6 Å². The largest absolute Gasteiger partial charge is 0.346 e. The molecule has 7 heteroatoms. The molecule has 1 aliphatic rings. The highest BCUT2D eigenvalue weighted by molar-refractivity contribution is 7.07. The number of hydrogen-bond donors (Lipinski definition) is 0. The number of halogens is 2. The highest BCUT2D eigenvalue weighted by atomic mass is 35.5. The second-order valence-corrected chi connectivity index (χ2v) is 6.52. The fourth-order valence-corrected chi connectivity index (χ4v) is 3.52. The van der Waals surface area contributed by atoms with Crippen LogP contribution in [0.3, 0.4) is 0 Å². The summed E-state index contributed by atoms with van der Waals surface area (Å²) in [5.41, 5.74) is 0.793. The smallest absolute Gasteiger partial charge is 0.323 e. The van der Waals surface area contributed by atoms with Gasteiger partial charge in [-0.15, -0.1) is 11.3 Å². The van der Waals surface area contributed by atoms with E-state index in [1.807, 2.05) is 16.1 Å². The zero-order valence-corrected chi connectivity index (χ0v) is 13.5. The Bertz CT molecular complexity index is 712. The lowest BCUT2D eigenvalue weighted by Gasteiger charge is -2.10. The lowest BCUT2D eigenvalue weighted by atomic mass is 10.3. The van der Waals surface area contributed by atoms with Crippen LogP contribution in [0.1, 0.15) is 12.8 Å². The monoisotopic (exact) mass is 341 g/mol. The van der Waals surface area contributed by atoms with E-state index in [0.717, 1.165) is 31.6 Å². The fraction of sp³-hybridized carbons (Fsp3) is 0.286. The molecule has 1 aromatic carbocycles. The van der Waals surface area contributed by atoms with E-state index in [9.17, 15) is 4.79 Å². The van der Waals surface area contributed by atoms with Crippen LogP contribution in [0.4, 0.5) is 4.79 Å². The van der Waals surface area contributed by atoms with Gasteiger partial charge in [0.25, 0.3) is 0 Å². The normalized spacial score (nSPS) is 15.7. The minimum absolute atomic E-state index is 0.183. The number of carbonyl (C=O) groups is 1. The Morgan fingerprint density at radius 2 is 1.81 bits per heavy atom. The molecular formula is C14H13Cl2N3OS. The van der Waals surface area contributed by atoms with E-state index in [2.05, 4.69) is 4.99 Å². The highest BCUT2D eigenvalue weighted by Crippen LogP contribution is 2.21. The van der Waals surface area contributed by atoms with Crippen molar-refractivity contribution in [2.75, 3.05) is 13.1 Å². The molecule has 0 N–H and O–H groups in total. The zero-order chi connectivity index (χ0) is 14.8. The fourth-order valence-electron chi connectivity index (χ4n) is 2.29. The zero-order valence-electron chi connectivity index (χ0n) is 11.1. The second-order valence-electron chi connectivity index (χ2n) is 4.77. The van der Waals surface area contributed by atoms with Gasteiger partial charge in [0.1, 0.15) is 0 Å². The van der Waals surface area contributed by atoms with E-state index in [1.54, 1.807) is 23.1 Å². The van der Waals surface area contributed by atoms with E-state index in [4.69, 9.17) is 23.2 Å². The minimum atomic E-state index is -0.183. The Kier molecular flexibility index (Phi) is 4.33. The van der Waals surface area contributed by atoms with Crippen molar-refractivity contribution < 1.29 is 4.79 Å². The number of amides is 2. The maximum absolute atomic E-state index is 12.1. The number of benzene rings is 1. The van der Waals surface area contributed by atoms with Gasteiger partial charge in [-0.25, -0.2) is 4.79 Å². The number of thiazole rings is 1. The van der Waals surface area contributed by atoms with Crippen LogP contribution in [0.2, 0.25) is 10.0 Å².